The van der Waals surface area contributed by atoms with E-state index in [2.05, 4.69) is 14.5 Å². The number of anilines is 1. The van der Waals surface area contributed by atoms with Crippen molar-refractivity contribution in [1.82, 2.24) is 4.98 Å². The zero-order chi connectivity index (χ0) is 21.2. The van der Waals surface area contributed by atoms with Gasteiger partial charge in [0.15, 0.2) is 11.5 Å². The Bertz CT molecular complexity index is 951. The predicted molar refractivity (Wildman–Crippen MR) is 105 cm³/mol. The second-order valence-electron chi connectivity index (χ2n) is 8.38. The fourth-order valence-electron chi connectivity index (χ4n) is 3.55. The maximum atomic E-state index is 13.4. The third-order valence-corrected chi connectivity index (χ3v) is 5.92. The molecule has 2 aliphatic heterocycles. The van der Waals surface area contributed by atoms with Crippen LogP contribution in [0.5, 0.6) is 11.5 Å². The zero-order valence-corrected chi connectivity index (χ0v) is 17.0. The van der Waals surface area contributed by atoms with E-state index in [1.165, 1.54) is 12.1 Å². The highest BCUT2D eigenvalue weighted by atomic mass is 19.3. The summed E-state index contributed by atoms with van der Waals surface area (Å²) in [6, 6.07) is 6.50. The number of fused-ring (bicyclic) bond motifs is 1. The van der Waals surface area contributed by atoms with Crippen LogP contribution >= 0.6 is 0 Å². The quantitative estimate of drug-likeness (QED) is 0.791. The average Bonchev–Trinajstić information content (AvgIpc) is 3.03. The molecular weight excluding hydrogens is 381 g/mol. The standard InChI is InChI=1S/C20H23BF2N2O4/c1-11(12-6-7-14-15(10-12)27-20(22,23)26-14)16-13(8-9-25-17(16)24)21-28-18(2,3)19(4,5)29-21/h6-11H,1-5H3,(H2,24,25)/t11-/m0/s1. The minimum absolute atomic E-state index is 0.00343. The van der Waals surface area contributed by atoms with Crippen LogP contribution < -0.4 is 20.7 Å². The van der Waals surface area contributed by atoms with E-state index in [0.29, 0.717) is 5.82 Å². The maximum Gasteiger partial charge on any atom is 0.586 e. The largest absolute Gasteiger partial charge is 0.586 e. The molecule has 2 aliphatic rings. The average molecular weight is 404 g/mol. The number of aromatic nitrogens is 1. The first kappa shape index (κ1) is 19.9. The molecule has 0 saturated carbocycles. The smallest absolute Gasteiger partial charge is 0.399 e. The lowest BCUT2D eigenvalue weighted by Crippen LogP contribution is -2.41. The monoisotopic (exact) mass is 404 g/mol. The third kappa shape index (κ3) is 3.32. The number of nitrogens with two attached hydrogens (primary N) is 1. The van der Waals surface area contributed by atoms with Crippen molar-refractivity contribution >= 4 is 18.4 Å². The first-order chi connectivity index (χ1) is 13.4. The topological polar surface area (TPSA) is 75.8 Å². The highest BCUT2D eigenvalue weighted by molar-refractivity contribution is 6.62. The molecule has 0 amide bonds. The summed E-state index contributed by atoms with van der Waals surface area (Å²) < 4.78 is 48.2. The van der Waals surface area contributed by atoms with Crippen LogP contribution in [0.25, 0.3) is 0 Å². The van der Waals surface area contributed by atoms with Gasteiger partial charge >= 0.3 is 13.4 Å². The van der Waals surface area contributed by atoms with Gasteiger partial charge in [0.25, 0.3) is 0 Å². The summed E-state index contributed by atoms with van der Waals surface area (Å²) >= 11 is 0. The van der Waals surface area contributed by atoms with Gasteiger partial charge in [-0.1, -0.05) is 13.0 Å². The van der Waals surface area contributed by atoms with Crippen LogP contribution in [0.1, 0.15) is 51.7 Å². The van der Waals surface area contributed by atoms with Gasteiger partial charge in [0.05, 0.1) is 11.2 Å². The maximum absolute atomic E-state index is 13.4. The van der Waals surface area contributed by atoms with Crippen LogP contribution in [0.3, 0.4) is 0 Å². The molecule has 0 bridgehead atoms. The third-order valence-electron chi connectivity index (χ3n) is 5.92. The van der Waals surface area contributed by atoms with Crippen LogP contribution in [0.4, 0.5) is 14.6 Å². The number of nitrogen functional groups attached to an aromatic ring is 1. The molecule has 6 nitrogen and oxygen atoms in total. The number of pyridine rings is 1. The summed E-state index contributed by atoms with van der Waals surface area (Å²) in [5.41, 5.74) is 7.39. The highest BCUT2D eigenvalue weighted by Crippen LogP contribution is 2.43. The van der Waals surface area contributed by atoms with E-state index in [0.717, 1.165) is 16.6 Å². The number of alkyl halides is 2. The summed E-state index contributed by atoms with van der Waals surface area (Å²) in [4.78, 5) is 4.22. The van der Waals surface area contributed by atoms with Gasteiger partial charge < -0.3 is 24.5 Å². The van der Waals surface area contributed by atoms with Gasteiger partial charge in [-0.25, -0.2) is 4.98 Å². The first-order valence-electron chi connectivity index (χ1n) is 9.40. The number of rotatable bonds is 3. The molecule has 0 radical (unpaired) electrons. The molecule has 0 aliphatic carbocycles. The molecule has 9 heteroatoms. The number of hydrogen-bond acceptors (Lipinski definition) is 6. The fraction of sp³-hybridized carbons (Fsp3) is 0.450. The van der Waals surface area contributed by atoms with Crippen LogP contribution in [0.2, 0.25) is 0 Å². The van der Waals surface area contributed by atoms with E-state index in [9.17, 15) is 8.78 Å². The predicted octanol–water partition coefficient (Wildman–Crippen LogP) is 3.44. The first-order valence-corrected chi connectivity index (χ1v) is 9.40. The minimum atomic E-state index is -3.66. The Morgan fingerprint density at radius 1 is 1.00 bits per heavy atom. The highest BCUT2D eigenvalue weighted by Gasteiger charge is 2.52. The fourth-order valence-corrected chi connectivity index (χ4v) is 3.55. The molecule has 1 aromatic carbocycles. The van der Waals surface area contributed by atoms with Gasteiger partial charge in [0.2, 0.25) is 0 Å². The molecule has 154 valence electrons. The van der Waals surface area contributed by atoms with E-state index in [1.54, 1.807) is 12.3 Å². The van der Waals surface area contributed by atoms with Crippen molar-refractivity contribution in [3.05, 3.63) is 41.6 Å². The van der Waals surface area contributed by atoms with Crippen LogP contribution in [0.15, 0.2) is 30.5 Å². The van der Waals surface area contributed by atoms with E-state index in [-0.39, 0.29) is 17.4 Å². The zero-order valence-electron chi connectivity index (χ0n) is 17.0. The Morgan fingerprint density at radius 2 is 1.62 bits per heavy atom. The van der Waals surface area contributed by atoms with E-state index in [4.69, 9.17) is 15.0 Å². The molecule has 1 saturated heterocycles. The Balaban J connectivity index is 1.72. The van der Waals surface area contributed by atoms with E-state index >= 15 is 0 Å². The molecule has 4 rings (SSSR count). The molecule has 1 atom stereocenters. The lowest BCUT2D eigenvalue weighted by Gasteiger charge is -2.32. The van der Waals surface area contributed by atoms with Gasteiger partial charge in [-0.2, -0.15) is 0 Å². The summed E-state index contributed by atoms with van der Waals surface area (Å²) in [5, 5.41) is 0. The van der Waals surface area contributed by atoms with Crippen LogP contribution in [-0.2, 0) is 9.31 Å². The number of nitrogens with zero attached hydrogens (tertiary/aromatic N) is 1. The van der Waals surface area contributed by atoms with E-state index in [1.807, 2.05) is 40.7 Å². The van der Waals surface area contributed by atoms with Gasteiger partial charge in [-0.15, -0.1) is 8.78 Å². The second-order valence-corrected chi connectivity index (χ2v) is 8.38. The van der Waals surface area contributed by atoms with Crippen LogP contribution in [0, 0.1) is 0 Å². The Labute approximate surface area is 168 Å². The number of hydrogen-bond donors (Lipinski definition) is 1. The summed E-state index contributed by atoms with van der Waals surface area (Å²) in [5.74, 6) is 0.0313. The van der Waals surface area contributed by atoms with Crippen molar-refractivity contribution in [1.29, 1.82) is 0 Å². The Hall–Kier alpha value is -2.39. The Morgan fingerprint density at radius 3 is 2.28 bits per heavy atom. The summed E-state index contributed by atoms with van der Waals surface area (Å²) in [6.07, 6.45) is -2.06. The van der Waals surface area contributed by atoms with Crippen molar-refractivity contribution in [2.24, 2.45) is 0 Å². The molecule has 0 unspecified atom stereocenters. The molecule has 0 spiro atoms. The number of benzene rings is 1. The van der Waals surface area contributed by atoms with Gasteiger partial charge in [-0.3, -0.25) is 0 Å². The molecule has 1 fully saturated rings. The minimum Gasteiger partial charge on any atom is -0.399 e. The SMILES string of the molecule is C[C@@H](c1ccc2c(c1)OC(F)(F)O2)c1c(B2OC(C)(C)C(C)(C)O2)ccnc1N. The summed E-state index contributed by atoms with van der Waals surface area (Å²) in [6.45, 7) is 9.80. The van der Waals surface area contributed by atoms with E-state index < -0.39 is 24.6 Å². The molecule has 2 aromatic rings. The molecular formula is C20H23BF2N2O4. The molecule has 29 heavy (non-hydrogen) atoms. The molecule has 1 aromatic heterocycles. The Kier molecular flexibility index (Phi) is 4.33. The van der Waals surface area contributed by atoms with Crippen LogP contribution in [-0.4, -0.2) is 29.6 Å². The van der Waals surface area contributed by atoms with Gasteiger partial charge in [-0.05, 0) is 56.9 Å². The number of ether oxygens (including phenoxy) is 2. The van der Waals surface area contributed by atoms with Gasteiger partial charge in [0, 0.05) is 17.7 Å². The lowest BCUT2D eigenvalue weighted by molar-refractivity contribution is -0.286. The second kappa shape index (κ2) is 6.30. The summed E-state index contributed by atoms with van der Waals surface area (Å²) in [7, 11) is -0.624. The van der Waals surface area contributed by atoms with Crippen molar-refractivity contribution in [2.75, 3.05) is 5.73 Å². The molecule has 3 heterocycles. The van der Waals surface area contributed by atoms with Crippen molar-refractivity contribution < 1.29 is 27.6 Å². The molecule has 2 N–H and O–H groups in total. The van der Waals surface area contributed by atoms with Crippen molar-refractivity contribution in [3.63, 3.8) is 0 Å². The van der Waals surface area contributed by atoms with Crippen molar-refractivity contribution in [2.45, 2.75) is 58.0 Å². The normalized spacial score (nSPS) is 22.0. The lowest BCUT2D eigenvalue weighted by atomic mass is 9.72. The van der Waals surface area contributed by atoms with Crippen molar-refractivity contribution in [3.8, 4) is 11.5 Å². The van der Waals surface area contributed by atoms with Gasteiger partial charge in [0.1, 0.15) is 5.82 Å². The number of halogens is 2.